The minimum Gasteiger partial charge on any atom is -0.480 e. The number of carbonyl (C=O) groups excluding carboxylic acids is 5. The molecule has 0 saturated heterocycles. The van der Waals surface area contributed by atoms with Crippen LogP contribution in [0.2, 0.25) is 0 Å². The van der Waals surface area contributed by atoms with E-state index in [9.17, 15) is 33.9 Å². The fourth-order valence-electron chi connectivity index (χ4n) is 2.54. The summed E-state index contributed by atoms with van der Waals surface area (Å²) in [6.07, 6.45) is -0.550. The van der Waals surface area contributed by atoms with Gasteiger partial charge in [-0.1, -0.05) is 0 Å². The summed E-state index contributed by atoms with van der Waals surface area (Å²) in [6, 6.07) is -5.60. The van der Waals surface area contributed by atoms with Crippen LogP contribution in [-0.4, -0.2) is 88.0 Å². The second-order valence-corrected chi connectivity index (χ2v) is 8.24. The Bertz CT molecular complexity index is 735. The average Bonchev–Trinajstić information content (AvgIpc) is 2.70. The van der Waals surface area contributed by atoms with E-state index in [1.807, 2.05) is 11.6 Å². The van der Waals surface area contributed by atoms with Gasteiger partial charge in [0.15, 0.2) is 6.04 Å². The van der Waals surface area contributed by atoms with Crippen LogP contribution in [0.25, 0.3) is 0 Å². The van der Waals surface area contributed by atoms with E-state index in [4.69, 9.17) is 22.3 Å². The molecule has 0 aromatic heterocycles. The van der Waals surface area contributed by atoms with Crippen LogP contribution in [0.3, 0.4) is 0 Å². The topological polar surface area (TPSA) is 257 Å². The molecular weight excluding hydrogens is 460 g/mol. The van der Waals surface area contributed by atoms with Crippen molar-refractivity contribution in [2.45, 2.75) is 62.9 Å². The van der Waals surface area contributed by atoms with Gasteiger partial charge >= 0.3 is 5.97 Å². The van der Waals surface area contributed by atoms with Gasteiger partial charge in [0.05, 0.1) is 18.6 Å². The summed E-state index contributed by atoms with van der Waals surface area (Å²) < 4.78 is 0. The summed E-state index contributed by atoms with van der Waals surface area (Å²) >= 11 is 1.46. The molecule has 5 amide bonds. The van der Waals surface area contributed by atoms with E-state index in [1.165, 1.54) is 11.8 Å². The lowest BCUT2D eigenvalue weighted by molar-refractivity contribution is -0.145. The van der Waals surface area contributed by atoms with E-state index < -0.39 is 72.2 Å². The summed E-state index contributed by atoms with van der Waals surface area (Å²) in [6.45, 7) is 1.12. The number of hydrogen-bond donors (Lipinski definition) is 8. The number of hydrogen-bond acceptors (Lipinski definition) is 9. The molecule has 0 aromatic rings. The Kier molecular flexibility index (Phi) is 13.7. The number of aliphatic carboxylic acids is 1. The zero-order valence-electron chi connectivity index (χ0n) is 18.4. The molecule has 0 aliphatic carbocycles. The van der Waals surface area contributed by atoms with Crippen LogP contribution in [0.15, 0.2) is 0 Å². The summed E-state index contributed by atoms with van der Waals surface area (Å²) in [5, 5.41) is 25.2. The first-order valence-electron chi connectivity index (χ1n) is 9.93. The van der Waals surface area contributed by atoms with Gasteiger partial charge in [0.25, 0.3) is 0 Å². The van der Waals surface area contributed by atoms with Crippen molar-refractivity contribution in [1.82, 2.24) is 16.0 Å². The largest absolute Gasteiger partial charge is 0.480 e. The van der Waals surface area contributed by atoms with Gasteiger partial charge in [-0.3, -0.25) is 24.0 Å². The Hall–Kier alpha value is -2.91. The molecule has 5 unspecified atom stereocenters. The first kappa shape index (κ1) is 30.1. The van der Waals surface area contributed by atoms with Crippen molar-refractivity contribution in [3.8, 4) is 0 Å². The maximum atomic E-state index is 12.8. The highest BCUT2D eigenvalue weighted by Gasteiger charge is 2.32. The lowest BCUT2D eigenvalue weighted by Gasteiger charge is -2.25. The number of carboxylic acids is 1. The summed E-state index contributed by atoms with van der Waals surface area (Å²) in [5.74, 6) is -5.43. The van der Waals surface area contributed by atoms with Gasteiger partial charge in [0.1, 0.15) is 12.1 Å². The maximum Gasteiger partial charge on any atom is 0.328 e. The van der Waals surface area contributed by atoms with Crippen LogP contribution in [-0.2, 0) is 28.8 Å². The van der Waals surface area contributed by atoms with Gasteiger partial charge in [-0.2, -0.15) is 11.8 Å². The van der Waals surface area contributed by atoms with Crippen molar-refractivity contribution in [2.24, 2.45) is 17.2 Å². The highest BCUT2D eigenvalue weighted by atomic mass is 32.2. The van der Waals surface area contributed by atoms with Gasteiger partial charge in [-0.25, -0.2) is 4.79 Å². The number of nitrogens with two attached hydrogens (primary N) is 3. The molecule has 14 nitrogen and oxygen atoms in total. The Morgan fingerprint density at radius 1 is 0.879 bits per heavy atom. The average molecular weight is 493 g/mol. The lowest BCUT2D eigenvalue weighted by atomic mass is 10.1. The van der Waals surface area contributed by atoms with E-state index in [2.05, 4.69) is 10.6 Å². The fraction of sp³-hybridized carbons (Fsp3) is 0.667. The number of thioether (sulfide) groups is 1. The SMILES string of the molecule is CSCCC(N)C(=O)NC(CCC(N)=O)C(=O)NC(CC(N)=O)C(=O)NC(C(=O)O)C(C)O. The van der Waals surface area contributed by atoms with E-state index in [0.717, 1.165) is 6.92 Å². The second kappa shape index (κ2) is 15.0. The van der Waals surface area contributed by atoms with Gasteiger partial charge < -0.3 is 43.4 Å². The normalized spacial score (nSPS) is 15.3. The van der Waals surface area contributed by atoms with Crippen LogP contribution < -0.4 is 33.2 Å². The van der Waals surface area contributed by atoms with Crippen molar-refractivity contribution in [1.29, 1.82) is 0 Å². The highest BCUT2D eigenvalue weighted by molar-refractivity contribution is 7.98. The molecular formula is C18H32N6O8S. The Morgan fingerprint density at radius 3 is 1.88 bits per heavy atom. The van der Waals surface area contributed by atoms with Gasteiger partial charge in [-0.15, -0.1) is 0 Å². The molecule has 0 rings (SSSR count). The van der Waals surface area contributed by atoms with Gasteiger partial charge in [0, 0.05) is 6.42 Å². The van der Waals surface area contributed by atoms with Gasteiger partial charge in [-0.05, 0) is 31.8 Å². The zero-order chi connectivity index (χ0) is 25.7. The third-order valence-electron chi connectivity index (χ3n) is 4.37. The quantitative estimate of drug-likeness (QED) is 0.104. The molecule has 15 heteroatoms. The molecule has 5 atom stereocenters. The molecule has 0 spiro atoms. The number of primary amides is 2. The standard InChI is InChI=1S/C18H32N6O8S/c1-8(25)14(18(31)32)24-17(30)11(7-13(21)27)23-16(29)10(3-4-12(20)26)22-15(28)9(19)5-6-33-2/h8-11,14,25H,3-7,19H2,1-2H3,(H2,20,26)(H2,21,27)(H,22,28)(H,23,29)(H,24,30)(H,31,32). The molecule has 11 N–H and O–H groups in total. The number of nitrogens with one attached hydrogen (secondary N) is 3. The summed E-state index contributed by atoms with van der Waals surface area (Å²) in [4.78, 5) is 71.3. The van der Waals surface area contributed by atoms with Crippen molar-refractivity contribution in [3.05, 3.63) is 0 Å². The number of carboxylic acid groups (broad SMARTS) is 1. The first-order valence-corrected chi connectivity index (χ1v) is 11.3. The van der Waals surface area contributed by atoms with E-state index in [1.54, 1.807) is 0 Å². The van der Waals surface area contributed by atoms with Crippen molar-refractivity contribution in [2.75, 3.05) is 12.0 Å². The predicted molar refractivity (Wildman–Crippen MR) is 118 cm³/mol. The van der Waals surface area contributed by atoms with Crippen LogP contribution in [0.4, 0.5) is 0 Å². The third kappa shape index (κ3) is 12.1. The number of carbonyl (C=O) groups is 6. The predicted octanol–water partition coefficient (Wildman–Crippen LogP) is -3.87. The second-order valence-electron chi connectivity index (χ2n) is 7.25. The zero-order valence-corrected chi connectivity index (χ0v) is 19.2. The highest BCUT2D eigenvalue weighted by Crippen LogP contribution is 2.04. The Balaban J connectivity index is 5.53. The first-order chi connectivity index (χ1) is 15.3. The lowest BCUT2D eigenvalue weighted by Crippen LogP contribution is -2.59. The number of aliphatic hydroxyl groups excluding tert-OH is 1. The number of aliphatic hydroxyl groups is 1. The van der Waals surface area contributed by atoms with Crippen molar-refractivity contribution >= 4 is 47.3 Å². The molecule has 0 aliphatic heterocycles. The molecule has 0 aromatic carbocycles. The van der Waals surface area contributed by atoms with Crippen molar-refractivity contribution < 1.29 is 39.0 Å². The summed E-state index contributed by atoms with van der Waals surface area (Å²) in [7, 11) is 0. The Morgan fingerprint density at radius 2 is 1.42 bits per heavy atom. The maximum absolute atomic E-state index is 12.8. The smallest absolute Gasteiger partial charge is 0.328 e. The molecule has 0 fully saturated rings. The minimum atomic E-state index is -1.72. The van der Waals surface area contributed by atoms with E-state index in [0.29, 0.717) is 12.2 Å². The Labute approximate surface area is 194 Å². The fourth-order valence-corrected chi connectivity index (χ4v) is 3.03. The monoisotopic (exact) mass is 492 g/mol. The molecule has 188 valence electrons. The molecule has 0 aliphatic rings. The summed E-state index contributed by atoms with van der Waals surface area (Å²) in [5.41, 5.74) is 16.0. The van der Waals surface area contributed by atoms with Crippen LogP contribution >= 0.6 is 11.8 Å². The minimum absolute atomic E-state index is 0.224. The van der Waals surface area contributed by atoms with E-state index in [-0.39, 0.29) is 12.8 Å². The van der Waals surface area contributed by atoms with Crippen LogP contribution in [0, 0.1) is 0 Å². The molecule has 0 saturated carbocycles. The third-order valence-corrected chi connectivity index (χ3v) is 5.01. The van der Waals surface area contributed by atoms with E-state index >= 15 is 0 Å². The molecule has 0 bridgehead atoms. The molecule has 0 heterocycles. The molecule has 0 radical (unpaired) electrons. The number of amides is 5. The van der Waals surface area contributed by atoms with Crippen LogP contribution in [0.5, 0.6) is 0 Å². The van der Waals surface area contributed by atoms with Crippen LogP contribution in [0.1, 0.15) is 32.6 Å². The van der Waals surface area contributed by atoms with Gasteiger partial charge in [0.2, 0.25) is 29.5 Å². The number of rotatable bonds is 16. The van der Waals surface area contributed by atoms with Crippen molar-refractivity contribution in [3.63, 3.8) is 0 Å². The molecule has 33 heavy (non-hydrogen) atoms.